The number of aryl methyl sites for hydroxylation is 1. The number of carboxylic acid groups (broad SMARTS) is 1. The Morgan fingerprint density at radius 2 is 2.14 bits per heavy atom. The molecule has 0 aliphatic carbocycles. The summed E-state index contributed by atoms with van der Waals surface area (Å²) in [6, 6.07) is 4.12. The van der Waals surface area contributed by atoms with E-state index in [9.17, 15) is 13.2 Å². The molecule has 0 fully saturated rings. The van der Waals surface area contributed by atoms with Crippen LogP contribution >= 0.6 is 0 Å². The molecule has 9 heteroatoms. The van der Waals surface area contributed by atoms with E-state index in [0.717, 1.165) is 0 Å². The SMILES string of the molecule is Cc1c(C(=O)O)cccc1S(=O)(=O)NCc1nncn1C. The third-order valence-corrected chi connectivity index (χ3v) is 4.58. The minimum atomic E-state index is -3.83. The monoisotopic (exact) mass is 310 g/mol. The molecule has 1 aromatic carbocycles. The van der Waals surface area contributed by atoms with E-state index in [4.69, 9.17) is 5.11 Å². The molecule has 0 aliphatic rings. The van der Waals surface area contributed by atoms with Gasteiger partial charge in [-0.1, -0.05) is 6.07 Å². The van der Waals surface area contributed by atoms with Crippen LogP contribution in [0.1, 0.15) is 21.7 Å². The Morgan fingerprint density at radius 1 is 1.43 bits per heavy atom. The number of aromatic nitrogens is 3. The summed E-state index contributed by atoms with van der Waals surface area (Å²) in [6.45, 7) is 1.43. The number of hydrogen-bond donors (Lipinski definition) is 2. The normalized spacial score (nSPS) is 11.5. The standard InChI is InChI=1S/C12H14N4O4S/c1-8-9(12(17)18)4-3-5-10(8)21(19,20)14-6-11-15-13-7-16(11)2/h3-5,7,14H,6H2,1-2H3,(H,17,18). The Balaban J connectivity index is 2.30. The average Bonchev–Trinajstić information content (AvgIpc) is 2.82. The van der Waals surface area contributed by atoms with Crippen molar-refractivity contribution in [2.24, 2.45) is 7.05 Å². The molecule has 2 aromatic rings. The van der Waals surface area contributed by atoms with Crippen molar-refractivity contribution in [2.75, 3.05) is 0 Å². The average molecular weight is 310 g/mol. The molecule has 2 N–H and O–H groups in total. The number of carbonyl (C=O) groups is 1. The highest BCUT2D eigenvalue weighted by Crippen LogP contribution is 2.19. The summed E-state index contributed by atoms with van der Waals surface area (Å²) in [5.74, 6) is -0.719. The topological polar surface area (TPSA) is 114 Å². The van der Waals surface area contributed by atoms with Crippen LogP contribution in [0, 0.1) is 6.92 Å². The smallest absolute Gasteiger partial charge is 0.335 e. The van der Waals surface area contributed by atoms with Gasteiger partial charge in [0.2, 0.25) is 10.0 Å². The predicted molar refractivity (Wildman–Crippen MR) is 73.2 cm³/mol. The molecule has 0 saturated heterocycles. The van der Waals surface area contributed by atoms with Gasteiger partial charge in [0.25, 0.3) is 0 Å². The van der Waals surface area contributed by atoms with E-state index in [1.165, 1.54) is 31.5 Å². The van der Waals surface area contributed by atoms with Gasteiger partial charge in [0.15, 0.2) is 0 Å². The van der Waals surface area contributed by atoms with E-state index in [-0.39, 0.29) is 22.6 Å². The maximum Gasteiger partial charge on any atom is 0.335 e. The molecule has 1 heterocycles. The van der Waals surface area contributed by atoms with Crippen LogP contribution in [0.15, 0.2) is 29.4 Å². The van der Waals surface area contributed by atoms with Gasteiger partial charge < -0.3 is 9.67 Å². The second kappa shape index (κ2) is 5.62. The molecule has 21 heavy (non-hydrogen) atoms. The minimum absolute atomic E-state index is 0.0322. The number of sulfonamides is 1. The summed E-state index contributed by atoms with van der Waals surface area (Å²) >= 11 is 0. The summed E-state index contributed by atoms with van der Waals surface area (Å²) < 4.78 is 28.5. The van der Waals surface area contributed by atoms with Gasteiger partial charge >= 0.3 is 5.97 Å². The highest BCUT2D eigenvalue weighted by atomic mass is 32.2. The molecule has 1 aromatic heterocycles. The van der Waals surface area contributed by atoms with Crippen LogP contribution in [0.5, 0.6) is 0 Å². The number of nitrogens with one attached hydrogen (secondary N) is 1. The maximum atomic E-state index is 12.3. The lowest BCUT2D eigenvalue weighted by molar-refractivity contribution is 0.0696. The Labute approximate surface area is 121 Å². The molecule has 0 aliphatic heterocycles. The van der Waals surface area contributed by atoms with E-state index in [1.807, 2.05) is 0 Å². The first-order chi connectivity index (χ1) is 9.83. The fourth-order valence-corrected chi connectivity index (χ4v) is 3.09. The Kier molecular flexibility index (Phi) is 4.05. The van der Waals surface area contributed by atoms with E-state index in [1.54, 1.807) is 11.6 Å². The van der Waals surface area contributed by atoms with Gasteiger partial charge in [0, 0.05) is 7.05 Å². The van der Waals surface area contributed by atoms with Gasteiger partial charge in [-0.25, -0.2) is 17.9 Å². The van der Waals surface area contributed by atoms with Crippen LogP contribution in [-0.2, 0) is 23.6 Å². The van der Waals surface area contributed by atoms with E-state index < -0.39 is 16.0 Å². The molecule has 0 bridgehead atoms. The summed E-state index contributed by atoms with van der Waals surface area (Å²) in [7, 11) is -2.14. The summed E-state index contributed by atoms with van der Waals surface area (Å²) in [5, 5.41) is 16.5. The molecule has 8 nitrogen and oxygen atoms in total. The van der Waals surface area contributed by atoms with Crippen molar-refractivity contribution in [3.8, 4) is 0 Å². The van der Waals surface area contributed by atoms with Crippen LogP contribution in [0.25, 0.3) is 0 Å². The summed E-state index contributed by atoms with van der Waals surface area (Å²) in [6.07, 6.45) is 1.46. The molecule has 0 radical (unpaired) electrons. The number of aromatic carboxylic acids is 1. The van der Waals surface area contributed by atoms with Crippen molar-refractivity contribution in [1.82, 2.24) is 19.5 Å². The zero-order chi connectivity index (χ0) is 15.6. The number of nitrogens with zero attached hydrogens (tertiary/aromatic N) is 3. The lowest BCUT2D eigenvalue weighted by atomic mass is 10.1. The minimum Gasteiger partial charge on any atom is -0.478 e. The Hall–Kier alpha value is -2.26. The van der Waals surface area contributed by atoms with Crippen molar-refractivity contribution in [3.63, 3.8) is 0 Å². The van der Waals surface area contributed by atoms with E-state index >= 15 is 0 Å². The van der Waals surface area contributed by atoms with Crippen LogP contribution in [0.4, 0.5) is 0 Å². The van der Waals surface area contributed by atoms with Crippen LogP contribution in [0.2, 0.25) is 0 Å². The fraction of sp³-hybridized carbons (Fsp3) is 0.250. The predicted octanol–water partition coefficient (Wildman–Crippen LogP) is 0.300. The first kappa shape index (κ1) is 15.1. The molecule has 0 amide bonds. The van der Waals surface area contributed by atoms with Gasteiger partial charge in [-0.15, -0.1) is 10.2 Å². The van der Waals surface area contributed by atoms with Crippen LogP contribution in [-0.4, -0.2) is 34.3 Å². The van der Waals surface area contributed by atoms with E-state index in [2.05, 4.69) is 14.9 Å². The molecule has 2 rings (SSSR count). The molecule has 112 valence electrons. The number of hydrogen-bond acceptors (Lipinski definition) is 5. The van der Waals surface area contributed by atoms with Crippen LogP contribution < -0.4 is 4.72 Å². The largest absolute Gasteiger partial charge is 0.478 e. The van der Waals surface area contributed by atoms with Gasteiger partial charge in [0.1, 0.15) is 12.2 Å². The highest BCUT2D eigenvalue weighted by molar-refractivity contribution is 7.89. The van der Waals surface area contributed by atoms with Gasteiger partial charge in [-0.05, 0) is 24.6 Å². The maximum absolute atomic E-state index is 12.3. The van der Waals surface area contributed by atoms with Gasteiger partial charge in [0.05, 0.1) is 17.0 Å². The van der Waals surface area contributed by atoms with Crippen molar-refractivity contribution in [2.45, 2.75) is 18.4 Å². The Morgan fingerprint density at radius 3 is 2.71 bits per heavy atom. The molecule has 0 unspecified atom stereocenters. The highest BCUT2D eigenvalue weighted by Gasteiger charge is 2.21. The summed E-state index contributed by atoms with van der Waals surface area (Å²) in [4.78, 5) is 11.0. The Bertz CT molecular complexity index is 782. The zero-order valence-corrected chi connectivity index (χ0v) is 12.3. The van der Waals surface area contributed by atoms with E-state index in [0.29, 0.717) is 5.82 Å². The van der Waals surface area contributed by atoms with Crippen molar-refractivity contribution in [3.05, 3.63) is 41.5 Å². The molecular weight excluding hydrogens is 296 g/mol. The number of carboxylic acids is 1. The first-order valence-corrected chi connectivity index (χ1v) is 7.46. The molecular formula is C12H14N4O4S. The second-order valence-corrected chi connectivity index (χ2v) is 6.15. The fourth-order valence-electron chi connectivity index (χ4n) is 1.84. The molecule has 0 spiro atoms. The molecule has 0 atom stereocenters. The third kappa shape index (κ3) is 3.09. The number of rotatable bonds is 5. The molecule has 0 saturated carbocycles. The van der Waals surface area contributed by atoms with Crippen molar-refractivity contribution < 1.29 is 18.3 Å². The van der Waals surface area contributed by atoms with Gasteiger partial charge in [-0.3, -0.25) is 0 Å². The second-order valence-electron chi connectivity index (χ2n) is 4.42. The van der Waals surface area contributed by atoms with Gasteiger partial charge in [-0.2, -0.15) is 0 Å². The lowest BCUT2D eigenvalue weighted by Crippen LogP contribution is -2.26. The number of benzene rings is 1. The third-order valence-electron chi connectivity index (χ3n) is 3.03. The quantitative estimate of drug-likeness (QED) is 0.821. The summed E-state index contributed by atoms with van der Waals surface area (Å²) in [5.41, 5.74) is 0.145. The first-order valence-electron chi connectivity index (χ1n) is 5.98. The lowest BCUT2D eigenvalue weighted by Gasteiger charge is -2.10. The van der Waals surface area contributed by atoms with Crippen molar-refractivity contribution >= 4 is 16.0 Å². The zero-order valence-electron chi connectivity index (χ0n) is 11.4. The van der Waals surface area contributed by atoms with Crippen LogP contribution in [0.3, 0.4) is 0 Å². The van der Waals surface area contributed by atoms with Crippen molar-refractivity contribution in [1.29, 1.82) is 0 Å².